The van der Waals surface area contributed by atoms with Crippen molar-refractivity contribution < 1.29 is 19.4 Å². The number of rotatable bonds is 4. The second-order valence-corrected chi connectivity index (χ2v) is 2.73. The summed E-state index contributed by atoms with van der Waals surface area (Å²) >= 11 is 0. The van der Waals surface area contributed by atoms with Gasteiger partial charge < -0.3 is 14.6 Å². The number of Topliss-reactive ketones (excluding diaryl/α,β-unsaturated/α-hetero) is 1. The van der Waals surface area contributed by atoms with Gasteiger partial charge in [-0.2, -0.15) is 0 Å². The lowest BCUT2D eigenvalue weighted by molar-refractivity contribution is -0.311. The van der Waals surface area contributed by atoms with Gasteiger partial charge in [0.05, 0.1) is 12.6 Å². The van der Waals surface area contributed by atoms with Gasteiger partial charge in [0.15, 0.2) is 5.78 Å². The highest BCUT2D eigenvalue weighted by molar-refractivity contribution is 5.84. The van der Waals surface area contributed by atoms with Crippen LogP contribution in [0, 0.1) is 0 Å². The van der Waals surface area contributed by atoms with Gasteiger partial charge in [-0.1, -0.05) is 0 Å². The molecule has 0 aliphatic heterocycles. The van der Waals surface area contributed by atoms with Gasteiger partial charge in [-0.3, -0.25) is 4.79 Å². The van der Waals surface area contributed by atoms with Crippen molar-refractivity contribution in [1.82, 2.24) is 0 Å². The van der Waals surface area contributed by atoms with Crippen molar-refractivity contribution in [2.24, 2.45) is 0 Å². The summed E-state index contributed by atoms with van der Waals surface area (Å²) in [5, 5.41) is 9.92. The van der Waals surface area contributed by atoms with Gasteiger partial charge in [0.2, 0.25) is 0 Å². The monoisotopic (exact) mass is 159 g/mol. The van der Waals surface area contributed by atoms with Gasteiger partial charge in [0.1, 0.15) is 5.60 Å². The molecule has 0 heterocycles. The first-order valence-corrected chi connectivity index (χ1v) is 3.21. The molecule has 0 saturated heterocycles. The van der Waals surface area contributed by atoms with E-state index in [2.05, 4.69) is 0 Å². The summed E-state index contributed by atoms with van der Waals surface area (Å²) in [5.41, 5.74) is -1.03. The maximum absolute atomic E-state index is 10.7. The highest BCUT2D eigenvalue weighted by atomic mass is 16.5. The predicted molar refractivity (Wildman–Crippen MR) is 35.7 cm³/mol. The van der Waals surface area contributed by atoms with E-state index in [-0.39, 0.29) is 5.78 Å². The van der Waals surface area contributed by atoms with E-state index in [4.69, 9.17) is 4.74 Å². The zero-order valence-corrected chi connectivity index (χ0v) is 6.84. The van der Waals surface area contributed by atoms with E-state index in [1.54, 1.807) is 0 Å². The Labute approximate surface area is 65.2 Å². The van der Waals surface area contributed by atoms with E-state index in [1.807, 2.05) is 0 Å². The Balaban J connectivity index is 3.92. The molecule has 0 spiro atoms. The smallest absolute Gasteiger partial charge is 0.161 e. The molecule has 0 saturated carbocycles. The van der Waals surface area contributed by atoms with Gasteiger partial charge in [-0.25, -0.2) is 0 Å². The van der Waals surface area contributed by atoms with Gasteiger partial charge in [0, 0.05) is 0 Å². The zero-order chi connectivity index (χ0) is 9.07. The fourth-order valence-electron chi connectivity index (χ4n) is 0.341. The van der Waals surface area contributed by atoms with Crippen molar-refractivity contribution in [1.29, 1.82) is 0 Å². The number of carboxylic acid groups (broad SMARTS) is 1. The van der Waals surface area contributed by atoms with Crippen LogP contribution in [-0.4, -0.2) is 24.0 Å². The maximum atomic E-state index is 10.7. The first kappa shape index (κ1) is 10.1. The first-order valence-electron chi connectivity index (χ1n) is 3.21. The third kappa shape index (κ3) is 3.72. The van der Waals surface area contributed by atoms with Gasteiger partial charge in [-0.15, -0.1) is 0 Å². The maximum Gasteiger partial charge on any atom is 0.161 e. The highest BCUT2D eigenvalue weighted by Crippen LogP contribution is 2.09. The number of carbonyl (C=O) groups is 2. The molecule has 0 aromatic carbocycles. The molecule has 11 heavy (non-hydrogen) atoms. The van der Waals surface area contributed by atoms with E-state index in [0.717, 1.165) is 0 Å². The second-order valence-electron chi connectivity index (χ2n) is 2.73. The van der Waals surface area contributed by atoms with Gasteiger partial charge in [0.25, 0.3) is 0 Å². The summed E-state index contributed by atoms with van der Waals surface area (Å²) < 4.78 is 4.74. The first-order chi connectivity index (χ1) is 4.86. The minimum Gasteiger partial charge on any atom is -0.548 e. The molecule has 0 radical (unpaired) electrons. The normalized spacial score (nSPS) is 11.2. The number of ether oxygens (including phenoxy) is 1. The number of aliphatic carboxylic acids is 1. The van der Waals surface area contributed by atoms with Crippen LogP contribution in [0.4, 0.5) is 0 Å². The van der Waals surface area contributed by atoms with Crippen LogP contribution in [0.25, 0.3) is 0 Å². The standard InChI is InChI=1S/C7H12O4/c1-5(8)7(2,3)11-4-6(9)10/h4H2,1-3H3,(H,9,10)/p-1. The lowest BCUT2D eigenvalue weighted by atomic mass is 10.1. The SMILES string of the molecule is CC(=O)C(C)(C)OCC(=O)[O-]. The summed E-state index contributed by atoms with van der Waals surface area (Å²) in [7, 11) is 0. The highest BCUT2D eigenvalue weighted by Gasteiger charge is 2.23. The lowest BCUT2D eigenvalue weighted by Crippen LogP contribution is -2.38. The Morgan fingerprint density at radius 2 is 1.91 bits per heavy atom. The molecule has 4 heteroatoms. The summed E-state index contributed by atoms with van der Waals surface area (Å²) in [6.45, 7) is 3.82. The van der Waals surface area contributed by atoms with Crippen molar-refractivity contribution >= 4 is 11.8 Å². The summed E-state index contributed by atoms with van der Waals surface area (Å²) in [6, 6.07) is 0. The summed E-state index contributed by atoms with van der Waals surface area (Å²) in [6.07, 6.45) is 0. The molecule has 0 aliphatic rings. The molecule has 0 amide bonds. The Morgan fingerprint density at radius 3 is 2.18 bits per heavy atom. The molecule has 4 nitrogen and oxygen atoms in total. The molecule has 0 rings (SSSR count). The van der Waals surface area contributed by atoms with Crippen LogP contribution in [0.5, 0.6) is 0 Å². The second kappa shape index (κ2) is 3.48. The number of hydrogen-bond donors (Lipinski definition) is 0. The molecule has 0 bridgehead atoms. The average Bonchev–Trinajstić information content (AvgIpc) is 1.84. The van der Waals surface area contributed by atoms with Crippen molar-refractivity contribution in [2.45, 2.75) is 26.4 Å². The van der Waals surface area contributed by atoms with Crippen LogP contribution in [-0.2, 0) is 14.3 Å². The molecule has 0 unspecified atom stereocenters. The molecule has 0 atom stereocenters. The van der Waals surface area contributed by atoms with Gasteiger partial charge in [-0.05, 0) is 20.8 Å². The number of carbonyl (C=O) groups excluding carboxylic acids is 2. The van der Waals surface area contributed by atoms with Crippen LogP contribution in [0.3, 0.4) is 0 Å². The van der Waals surface area contributed by atoms with Crippen molar-refractivity contribution in [3.63, 3.8) is 0 Å². The molecule has 0 aromatic rings. The van der Waals surface area contributed by atoms with E-state index in [1.165, 1.54) is 20.8 Å². The Bertz CT molecular complexity index is 171. The van der Waals surface area contributed by atoms with Crippen LogP contribution < -0.4 is 5.11 Å². The summed E-state index contributed by atoms with van der Waals surface area (Å²) in [5.74, 6) is -1.53. The minimum absolute atomic E-state index is 0.209. The molecular weight excluding hydrogens is 148 g/mol. The molecule has 64 valence electrons. The molecule has 0 aromatic heterocycles. The van der Waals surface area contributed by atoms with E-state index in [0.29, 0.717) is 0 Å². The fourth-order valence-corrected chi connectivity index (χ4v) is 0.341. The van der Waals surface area contributed by atoms with Crippen LogP contribution in [0.1, 0.15) is 20.8 Å². The molecular formula is C7H11O4-. The van der Waals surface area contributed by atoms with Crippen LogP contribution in [0.15, 0.2) is 0 Å². The quantitative estimate of drug-likeness (QED) is 0.534. The third-order valence-electron chi connectivity index (χ3n) is 1.40. The third-order valence-corrected chi connectivity index (χ3v) is 1.40. The summed E-state index contributed by atoms with van der Waals surface area (Å²) in [4.78, 5) is 20.7. The number of hydrogen-bond acceptors (Lipinski definition) is 4. The van der Waals surface area contributed by atoms with E-state index in [9.17, 15) is 14.7 Å². The topological polar surface area (TPSA) is 66.4 Å². The zero-order valence-electron chi connectivity index (χ0n) is 6.84. The van der Waals surface area contributed by atoms with Crippen molar-refractivity contribution in [3.8, 4) is 0 Å². The minimum atomic E-state index is -1.32. The Hall–Kier alpha value is -0.900. The lowest BCUT2D eigenvalue weighted by Gasteiger charge is -2.21. The number of ketones is 1. The molecule has 0 aliphatic carbocycles. The van der Waals surface area contributed by atoms with Gasteiger partial charge >= 0.3 is 0 Å². The fraction of sp³-hybridized carbons (Fsp3) is 0.714. The number of carboxylic acids is 1. The Kier molecular flexibility index (Phi) is 3.19. The van der Waals surface area contributed by atoms with Crippen LogP contribution >= 0.6 is 0 Å². The average molecular weight is 159 g/mol. The largest absolute Gasteiger partial charge is 0.548 e. The predicted octanol–water partition coefficient (Wildman–Crippen LogP) is -0.879. The van der Waals surface area contributed by atoms with Crippen molar-refractivity contribution in [2.75, 3.05) is 6.61 Å². The molecule has 0 N–H and O–H groups in total. The van der Waals surface area contributed by atoms with E-state index < -0.39 is 18.2 Å². The van der Waals surface area contributed by atoms with E-state index >= 15 is 0 Å². The Morgan fingerprint density at radius 1 is 1.45 bits per heavy atom. The van der Waals surface area contributed by atoms with Crippen molar-refractivity contribution in [3.05, 3.63) is 0 Å². The molecule has 0 fully saturated rings. The van der Waals surface area contributed by atoms with Crippen LogP contribution in [0.2, 0.25) is 0 Å².